The van der Waals surface area contributed by atoms with E-state index < -0.39 is 0 Å². The molecule has 0 unspecified atom stereocenters. The minimum Gasteiger partial charge on any atom is -0.241 e. The molecule has 0 N–H and O–H groups in total. The van der Waals surface area contributed by atoms with Crippen LogP contribution in [-0.2, 0) is 6.42 Å². The zero-order valence-corrected chi connectivity index (χ0v) is 12.7. The lowest BCUT2D eigenvalue weighted by Gasteiger charge is -1.99. The smallest absolute Gasteiger partial charge is 0.0976 e. The summed E-state index contributed by atoms with van der Waals surface area (Å²) in [6, 6.07) is 16.4. The Labute approximate surface area is 127 Å². The van der Waals surface area contributed by atoms with Crippen molar-refractivity contribution in [1.82, 2.24) is 4.98 Å². The summed E-state index contributed by atoms with van der Waals surface area (Å²) in [6.45, 7) is 2.09. The van der Waals surface area contributed by atoms with Gasteiger partial charge >= 0.3 is 0 Å². The number of hydrogen-bond donors (Lipinski definition) is 0. The Morgan fingerprint density at radius 3 is 2.40 bits per heavy atom. The topological polar surface area (TPSA) is 12.9 Å². The van der Waals surface area contributed by atoms with Crippen molar-refractivity contribution in [3.8, 4) is 11.3 Å². The highest BCUT2D eigenvalue weighted by molar-refractivity contribution is 7.10. The molecule has 0 atom stereocenters. The summed E-state index contributed by atoms with van der Waals surface area (Å²) in [6.07, 6.45) is 0.855. The van der Waals surface area contributed by atoms with E-state index in [0.29, 0.717) is 0 Å². The molecule has 0 saturated heterocycles. The fraction of sp³-hybridized carbons (Fsp3) is 0.118. The van der Waals surface area contributed by atoms with E-state index in [2.05, 4.69) is 48.7 Å². The summed E-state index contributed by atoms with van der Waals surface area (Å²) in [4.78, 5) is 4.71. The minimum absolute atomic E-state index is 0.772. The lowest BCUT2D eigenvalue weighted by Crippen LogP contribution is -1.87. The molecule has 1 aromatic heterocycles. The van der Waals surface area contributed by atoms with Crippen molar-refractivity contribution >= 4 is 22.9 Å². The fourth-order valence-electron chi connectivity index (χ4n) is 2.03. The first-order valence-electron chi connectivity index (χ1n) is 6.46. The van der Waals surface area contributed by atoms with Crippen molar-refractivity contribution < 1.29 is 0 Å². The summed E-state index contributed by atoms with van der Waals surface area (Å²) in [5.74, 6) is 0. The van der Waals surface area contributed by atoms with Gasteiger partial charge in [0.15, 0.2) is 0 Å². The molecule has 1 heterocycles. The van der Waals surface area contributed by atoms with Crippen LogP contribution < -0.4 is 0 Å². The quantitative estimate of drug-likeness (QED) is 0.634. The zero-order chi connectivity index (χ0) is 13.9. The van der Waals surface area contributed by atoms with E-state index in [9.17, 15) is 0 Å². The van der Waals surface area contributed by atoms with E-state index >= 15 is 0 Å². The first-order valence-corrected chi connectivity index (χ1v) is 7.72. The van der Waals surface area contributed by atoms with Crippen LogP contribution in [0.5, 0.6) is 0 Å². The molecular formula is C17H14ClNS. The maximum atomic E-state index is 5.90. The molecule has 3 aromatic rings. The van der Waals surface area contributed by atoms with E-state index in [1.807, 2.05) is 12.1 Å². The van der Waals surface area contributed by atoms with E-state index in [4.69, 9.17) is 16.6 Å². The standard InChI is InChI=1S/C17H14ClNS/c1-12-2-6-14(7-3-12)16-11-20-17(19-16)10-13-4-8-15(18)9-5-13/h2-9,11H,10H2,1H3. The molecule has 3 heteroatoms. The Kier molecular flexibility index (Phi) is 3.86. The normalized spacial score (nSPS) is 10.7. The van der Waals surface area contributed by atoms with E-state index in [-0.39, 0.29) is 0 Å². The lowest BCUT2D eigenvalue weighted by molar-refractivity contribution is 1.14. The van der Waals surface area contributed by atoms with Crippen LogP contribution in [0.25, 0.3) is 11.3 Å². The molecular weight excluding hydrogens is 286 g/mol. The van der Waals surface area contributed by atoms with Gasteiger partial charge in [-0.1, -0.05) is 53.6 Å². The van der Waals surface area contributed by atoms with Crippen molar-refractivity contribution in [1.29, 1.82) is 0 Å². The average molecular weight is 300 g/mol. The number of halogens is 1. The third-order valence-electron chi connectivity index (χ3n) is 3.17. The molecule has 0 fully saturated rings. The van der Waals surface area contributed by atoms with Gasteiger partial charge < -0.3 is 0 Å². The number of aryl methyl sites for hydroxylation is 1. The molecule has 0 amide bonds. The summed E-state index contributed by atoms with van der Waals surface area (Å²) in [7, 11) is 0. The van der Waals surface area contributed by atoms with Gasteiger partial charge in [0.25, 0.3) is 0 Å². The highest BCUT2D eigenvalue weighted by Gasteiger charge is 2.05. The Bertz CT molecular complexity index is 699. The van der Waals surface area contributed by atoms with Crippen LogP contribution in [0.2, 0.25) is 5.02 Å². The van der Waals surface area contributed by atoms with Crippen LogP contribution in [0.15, 0.2) is 53.9 Å². The maximum Gasteiger partial charge on any atom is 0.0976 e. The van der Waals surface area contributed by atoms with Crippen molar-refractivity contribution in [3.05, 3.63) is 75.1 Å². The van der Waals surface area contributed by atoms with E-state index in [1.54, 1.807) is 11.3 Å². The molecule has 2 aromatic carbocycles. The molecule has 0 aliphatic rings. The second kappa shape index (κ2) is 5.78. The second-order valence-corrected chi connectivity index (χ2v) is 6.17. The van der Waals surface area contributed by atoms with Crippen LogP contribution >= 0.6 is 22.9 Å². The number of nitrogens with zero attached hydrogens (tertiary/aromatic N) is 1. The van der Waals surface area contributed by atoms with Crippen molar-refractivity contribution in [2.75, 3.05) is 0 Å². The molecule has 20 heavy (non-hydrogen) atoms. The summed E-state index contributed by atoms with van der Waals surface area (Å²) in [5.41, 5.74) is 4.73. The van der Waals surface area contributed by atoms with Crippen LogP contribution in [0.4, 0.5) is 0 Å². The van der Waals surface area contributed by atoms with Gasteiger partial charge in [-0.2, -0.15) is 0 Å². The molecule has 0 spiro atoms. The molecule has 0 saturated carbocycles. The van der Waals surface area contributed by atoms with Gasteiger partial charge in [-0.25, -0.2) is 4.98 Å². The summed E-state index contributed by atoms with van der Waals surface area (Å²) >= 11 is 7.60. The average Bonchev–Trinajstić information content (AvgIpc) is 2.91. The molecule has 3 rings (SSSR count). The van der Waals surface area contributed by atoms with Gasteiger partial charge in [0.2, 0.25) is 0 Å². The van der Waals surface area contributed by atoms with Gasteiger partial charge in [-0.05, 0) is 24.6 Å². The largest absolute Gasteiger partial charge is 0.241 e. The first kappa shape index (κ1) is 13.3. The highest BCUT2D eigenvalue weighted by atomic mass is 35.5. The summed E-state index contributed by atoms with van der Waals surface area (Å²) < 4.78 is 0. The monoisotopic (exact) mass is 299 g/mol. The van der Waals surface area contributed by atoms with Gasteiger partial charge in [0, 0.05) is 22.4 Å². The number of benzene rings is 2. The third kappa shape index (κ3) is 3.09. The molecule has 100 valence electrons. The zero-order valence-electron chi connectivity index (χ0n) is 11.1. The van der Waals surface area contributed by atoms with Crippen LogP contribution in [0.3, 0.4) is 0 Å². The highest BCUT2D eigenvalue weighted by Crippen LogP contribution is 2.24. The van der Waals surface area contributed by atoms with Crippen molar-refractivity contribution in [2.45, 2.75) is 13.3 Å². The summed E-state index contributed by atoms with van der Waals surface area (Å²) in [5, 5.41) is 4.02. The SMILES string of the molecule is Cc1ccc(-c2csc(Cc3ccc(Cl)cc3)n2)cc1. The lowest BCUT2D eigenvalue weighted by atomic mass is 10.1. The van der Waals surface area contributed by atoms with Gasteiger partial charge in [-0.3, -0.25) is 0 Å². The number of thiazole rings is 1. The van der Waals surface area contributed by atoms with Gasteiger partial charge in [0.1, 0.15) is 0 Å². The Morgan fingerprint density at radius 1 is 1.00 bits per heavy atom. The predicted molar refractivity (Wildman–Crippen MR) is 86.5 cm³/mol. The Hall–Kier alpha value is -1.64. The van der Waals surface area contributed by atoms with Crippen molar-refractivity contribution in [3.63, 3.8) is 0 Å². The number of aromatic nitrogens is 1. The molecule has 0 radical (unpaired) electrons. The first-order chi connectivity index (χ1) is 9.70. The molecule has 1 nitrogen and oxygen atoms in total. The number of hydrogen-bond acceptors (Lipinski definition) is 2. The third-order valence-corrected chi connectivity index (χ3v) is 4.27. The van der Waals surface area contributed by atoms with Gasteiger partial charge in [-0.15, -0.1) is 11.3 Å². The molecule has 0 aliphatic heterocycles. The minimum atomic E-state index is 0.772. The van der Waals surface area contributed by atoms with Crippen LogP contribution in [0, 0.1) is 6.92 Å². The Morgan fingerprint density at radius 2 is 1.70 bits per heavy atom. The molecule has 0 bridgehead atoms. The van der Waals surface area contributed by atoms with E-state index in [1.165, 1.54) is 16.7 Å². The van der Waals surface area contributed by atoms with Crippen LogP contribution in [-0.4, -0.2) is 4.98 Å². The second-order valence-electron chi connectivity index (χ2n) is 4.80. The van der Waals surface area contributed by atoms with Crippen LogP contribution in [0.1, 0.15) is 16.1 Å². The van der Waals surface area contributed by atoms with E-state index in [0.717, 1.165) is 22.1 Å². The molecule has 0 aliphatic carbocycles. The Balaban J connectivity index is 1.80. The fourth-order valence-corrected chi connectivity index (χ4v) is 2.99. The number of rotatable bonds is 3. The predicted octanol–water partition coefficient (Wildman–Crippen LogP) is 5.36. The van der Waals surface area contributed by atoms with Crippen molar-refractivity contribution in [2.24, 2.45) is 0 Å². The maximum absolute atomic E-state index is 5.90. The van der Waals surface area contributed by atoms with Gasteiger partial charge in [0.05, 0.1) is 10.7 Å².